The second-order valence-corrected chi connectivity index (χ2v) is 9.42. The van der Waals surface area contributed by atoms with Crippen LogP contribution in [-0.2, 0) is 4.79 Å². The highest BCUT2D eigenvalue weighted by Gasteiger charge is 2.14. The summed E-state index contributed by atoms with van der Waals surface area (Å²) in [5.41, 5.74) is 5.70. The van der Waals surface area contributed by atoms with Crippen molar-refractivity contribution in [3.8, 4) is 11.3 Å². The Morgan fingerprint density at radius 2 is 1.92 bits per heavy atom. The number of aromatic nitrogens is 3. The van der Waals surface area contributed by atoms with Crippen LogP contribution in [0.1, 0.15) is 12.5 Å². The minimum absolute atomic E-state index is 0.249. The van der Waals surface area contributed by atoms with E-state index in [1.54, 1.807) is 24.7 Å². The van der Waals surface area contributed by atoms with Gasteiger partial charge in [0.2, 0.25) is 5.95 Å². The Hall–Kier alpha value is -4.14. The molecule has 1 aliphatic heterocycles. The number of aryl methyl sites for hydroxylation is 1. The van der Waals surface area contributed by atoms with Gasteiger partial charge in [0.25, 0.3) is 5.91 Å². The summed E-state index contributed by atoms with van der Waals surface area (Å²) < 4.78 is 0. The van der Waals surface area contributed by atoms with Gasteiger partial charge in [0, 0.05) is 73.8 Å². The van der Waals surface area contributed by atoms with Gasteiger partial charge in [-0.2, -0.15) is 0 Å². The summed E-state index contributed by atoms with van der Waals surface area (Å²) in [4.78, 5) is 30.7. The number of carbonyl (C=O) groups excluding carboxylic acids is 1. The minimum atomic E-state index is -0.249. The van der Waals surface area contributed by atoms with Crippen molar-refractivity contribution >= 4 is 23.2 Å². The molecule has 38 heavy (non-hydrogen) atoms. The minimum Gasteiger partial charge on any atom is -0.324 e. The molecule has 0 saturated carbocycles. The van der Waals surface area contributed by atoms with Gasteiger partial charge < -0.3 is 15.5 Å². The van der Waals surface area contributed by atoms with Gasteiger partial charge in [0.1, 0.15) is 0 Å². The third kappa shape index (κ3) is 7.44. The molecule has 1 fully saturated rings. The number of nitrogens with one attached hydrogen (secondary N) is 2. The van der Waals surface area contributed by atoms with Crippen molar-refractivity contribution in [2.24, 2.45) is 0 Å². The van der Waals surface area contributed by atoms with Crippen molar-refractivity contribution in [3.05, 3.63) is 96.5 Å². The molecule has 0 spiro atoms. The standard InChI is InChI=1S/C30H35N7O/c1-5-24(21-37-17-15-36(4)16-18-37)10-8-23(3)29(38)33-26-11-9-22(2)28(19-26)35-30-32-14-12-27(34-30)25-7-6-13-31-20-25/h5-14,19-20H,3,15-18,21H2,1-2,4H3,(H,33,38)(H,32,34,35)/b10-8-,24-5+. The normalized spacial score (nSPS) is 15.0. The fourth-order valence-corrected chi connectivity index (χ4v) is 4.05. The van der Waals surface area contributed by atoms with Gasteiger partial charge in [-0.3, -0.25) is 14.7 Å². The average Bonchev–Trinajstić information content (AvgIpc) is 2.94. The van der Waals surface area contributed by atoms with Crippen LogP contribution in [0.15, 0.2) is 90.9 Å². The predicted octanol–water partition coefficient (Wildman–Crippen LogP) is 4.84. The molecule has 0 aliphatic carbocycles. The summed E-state index contributed by atoms with van der Waals surface area (Å²) in [6.07, 6.45) is 11.0. The van der Waals surface area contributed by atoms with Crippen LogP contribution in [0.3, 0.4) is 0 Å². The highest BCUT2D eigenvalue weighted by molar-refractivity contribution is 6.05. The number of benzene rings is 1. The molecule has 1 aliphatic rings. The van der Waals surface area contributed by atoms with Crippen LogP contribution in [0.25, 0.3) is 11.3 Å². The summed E-state index contributed by atoms with van der Waals surface area (Å²) in [6, 6.07) is 11.3. The lowest BCUT2D eigenvalue weighted by molar-refractivity contribution is -0.112. The van der Waals surface area contributed by atoms with Crippen LogP contribution in [0, 0.1) is 6.92 Å². The van der Waals surface area contributed by atoms with E-state index in [1.165, 1.54) is 5.57 Å². The first-order chi connectivity index (χ1) is 18.4. The maximum atomic E-state index is 12.8. The van der Waals surface area contributed by atoms with E-state index in [2.05, 4.69) is 55.1 Å². The number of pyridine rings is 1. The lowest BCUT2D eigenvalue weighted by Gasteiger charge is -2.32. The van der Waals surface area contributed by atoms with Crippen LogP contribution in [0.4, 0.5) is 17.3 Å². The zero-order valence-corrected chi connectivity index (χ0v) is 22.3. The van der Waals surface area contributed by atoms with Gasteiger partial charge in [0.05, 0.1) is 5.69 Å². The quantitative estimate of drug-likeness (QED) is 0.315. The van der Waals surface area contributed by atoms with Crippen LogP contribution in [0.5, 0.6) is 0 Å². The first kappa shape index (κ1) is 26.9. The zero-order chi connectivity index (χ0) is 26.9. The topological polar surface area (TPSA) is 86.3 Å². The van der Waals surface area contributed by atoms with E-state index >= 15 is 0 Å². The molecule has 2 aromatic heterocycles. The summed E-state index contributed by atoms with van der Waals surface area (Å²) in [7, 11) is 2.15. The average molecular weight is 510 g/mol. The number of allylic oxidation sites excluding steroid dienone is 1. The Balaban J connectivity index is 1.38. The van der Waals surface area contributed by atoms with Crippen molar-refractivity contribution in [2.45, 2.75) is 13.8 Å². The van der Waals surface area contributed by atoms with Crippen LogP contribution < -0.4 is 10.6 Å². The monoisotopic (exact) mass is 509 g/mol. The highest BCUT2D eigenvalue weighted by Crippen LogP contribution is 2.24. The molecule has 3 aromatic rings. The molecule has 1 amide bonds. The molecule has 8 heteroatoms. The van der Waals surface area contributed by atoms with Crippen molar-refractivity contribution in [3.63, 3.8) is 0 Å². The summed E-state index contributed by atoms with van der Waals surface area (Å²) in [5.74, 6) is 0.213. The summed E-state index contributed by atoms with van der Waals surface area (Å²) in [5, 5.41) is 6.22. The van der Waals surface area contributed by atoms with Crippen LogP contribution >= 0.6 is 0 Å². The molecule has 4 rings (SSSR count). The Morgan fingerprint density at radius 3 is 2.66 bits per heavy atom. The van der Waals surface area contributed by atoms with Crippen LogP contribution in [-0.4, -0.2) is 70.4 Å². The van der Waals surface area contributed by atoms with Gasteiger partial charge in [-0.15, -0.1) is 0 Å². The molecule has 0 radical (unpaired) electrons. The predicted molar refractivity (Wildman–Crippen MR) is 154 cm³/mol. The molecule has 2 N–H and O–H groups in total. The van der Waals surface area contributed by atoms with E-state index in [1.807, 2.05) is 56.3 Å². The molecule has 0 bridgehead atoms. The second-order valence-electron chi connectivity index (χ2n) is 9.42. The number of anilines is 3. The molecule has 1 aromatic carbocycles. The fraction of sp³-hybridized carbons (Fsp3) is 0.267. The zero-order valence-electron chi connectivity index (χ0n) is 22.3. The Kier molecular flexibility index (Phi) is 9.13. The second kappa shape index (κ2) is 12.9. The fourth-order valence-electron chi connectivity index (χ4n) is 4.05. The molecular formula is C30H35N7O. The smallest absolute Gasteiger partial charge is 0.255 e. The lowest BCUT2D eigenvalue weighted by Crippen LogP contribution is -2.44. The number of carbonyl (C=O) groups is 1. The Morgan fingerprint density at radius 1 is 1.11 bits per heavy atom. The third-order valence-electron chi connectivity index (χ3n) is 6.52. The number of amides is 1. The molecule has 3 heterocycles. The molecule has 1 saturated heterocycles. The molecule has 8 nitrogen and oxygen atoms in total. The molecule has 196 valence electrons. The summed E-state index contributed by atoms with van der Waals surface area (Å²) >= 11 is 0. The van der Waals surface area contributed by atoms with Crippen molar-refractivity contribution < 1.29 is 4.79 Å². The third-order valence-corrected chi connectivity index (χ3v) is 6.52. The van der Waals surface area contributed by atoms with Gasteiger partial charge in [-0.25, -0.2) is 9.97 Å². The number of rotatable bonds is 9. The highest BCUT2D eigenvalue weighted by atomic mass is 16.1. The Bertz CT molecular complexity index is 1330. The van der Waals surface area contributed by atoms with E-state index in [0.29, 0.717) is 17.2 Å². The van der Waals surface area contributed by atoms with E-state index < -0.39 is 0 Å². The van der Waals surface area contributed by atoms with Gasteiger partial charge in [-0.1, -0.05) is 24.8 Å². The van der Waals surface area contributed by atoms with E-state index in [0.717, 1.165) is 55.2 Å². The number of hydrogen-bond donors (Lipinski definition) is 2. The van der Waals surface area contributed by atoms with Gasteiger partial charge in [0.15, 0.2) is 0 Å². The van der Waals surface area contributed by atoms with Gasteiger partial charge >= 0.3 is 0 Å². The van der Waals surface area contributed by atoms with E-state index in [9.17, 15) is 4.79 Å². The number of piperazine rings is 1. The lowest BCUT2D eigenvalue weighted by atomic mass is 10.1. The van der Waals surface area contributed by atoms with Crippen molar-refractivity contribution in [2.75, 3.05) is 50.4 Å². The largest absolute Gasteiger partial charge is 0.324 e. The van der Waals surface area contributed by atoms with Crippen molar-refractivity contribution in [1.82, 2.24) is 24.8 Å². The first-order valence-corrected chi connectivity index (χ1v) is 12.8. The first-order valence-electron chi connectivity index (χ1n) is 12.8. The Labute approximate surface area is 224 Å². The van der Waals surface area contributed by atoms with Crippen LogP contribution in [0.2, 0.25) is 0 Å². The van der Waals surface area contributed by atoms with E-state index in [4.69, 9.17) is 0 Å². The number of nitrogens with zero attached hydrogens (tertiary/aromatic N) is 5. The van der Waals surface area contributed by atoms with Crippen molar-refractivity contribution in [1.29, 1.82) is 0 Å². The number of hydrogen-bond acceptors (Lipinski definition) is 7. The molecule has 0 unspecified atom stereocenters. The summed E-state index contributed by atoms with van der Waals surface area (Å²) in [6.45, 7) is 13.1. The molecule has 0 atom stereocenters. The maximum absolute atomic E-state index is 12.8. The SMILES string of the molecule is C=C(/C=C\C(=C/C)CN1CCN(C)CC1)C(=O)Nc1ccc(C)c(Nc2nccc(-c3cccnc3)n2)c1. The van der Waals surface area contributed by atoms with E-state index in [-0.39, 0.29) is 5.91 Å². The molecular weight excluding hydrogens is 474 g/mol. The maximum Gasteiger partial charge on any atom is 0.255 e. The number of likely N-dealkylation sites (N-methyl/N-ethyl adjacent to an activating group) is 1. The van der Waals surface area contributed by atoms with Gasteiger partial charge in [-0.05, 0) is 68.4 Å².